The maximum Gasteiger partial charge on any atom is 0.265 e. The number of carbonyl (C=O) groups excluding carboxylic acids is 2. The molecule has 0 aliphatic heterocycles. The summed E-state index contributed by atoms with van der Waals surface area (Å²) in [6.45, 7) is 3.67. The molecule has 0 aromatic heterocycles. The zero-order chi connectivity index (χ0) is 17.8. The molecule has 130 valence electrons. The van der Waals surface area contributed by atoms with Gasteiger partial charge in [0.15, 0.2) is 6.10 Å². The van der Waals surface area contributed by atoms with Crippen LogP contribution in [0.25, 0.3) is 0 Å². The van der Waals surface area contributed by atoms with Crippen LogP contribution in [0.2, 0.25) is 0 Å². The molecule has 1 saturated carbocycles. The van der Waals surface area contributed by atoms with Crippen molar-refractivity contribution in [3.63, 3.8) is 0 Å². The fourth-order valence-corrected chi connectivity index (χ4v) is 2.39. The van der Waals surface area contributed by atoms with Crippen LogP contribution in [0.15, 0.2) is 48.5 Å². The SMILES string of the molecule is Cc1cccc(OC(C)C(=O)Nc2ccc(C(=O)NC3CC3)cc2)c1. The third-order valence-corrected chi connectivity index (χ3v) is 4.00. The molecule has 2 aromatic carbocycles. The van der Waals surface area contributed by atoms with Gasteiger partial charge in [-0.2, -0.15) is 0 Å². The van der Waals surface area contributed by atoms with Crippen molar-refractivity contribution in [3.8, 4) is 5.75 Å². The van der Waals surface area contributed by atoms with Gasteiger partial charge in [-0.05, 0) is 68.7 Å². The van der Waals surface area contributed by atoms with Gasteiger partial charge >= 0.3 is 0 Å². The number of hydrogen-bond acceptors (Lipinski definition) is 3. The Morgan fingerprint density at radius 2 is 1.84 bits per heavy atom. The van der Waals surface area contributed by atoms with Crippen molar-refractivity contribution in [2.45, 2.75) is 38.8 Å². The van der Waals surface area contributed by atoms with Crippen LogP contribution < -0.4 is 15.4 Å². The lowest BCUT2D eigenvalue weighted by atomic mass is 10.2. The van der Waals surface area contributed by atoms with Gasteiger partial charge in [0, 0.05) is 17.3 Å². The molecule has 3 rings (SSSR count). The lowest BCUT2D eigenvalue weighted by Gasteiger charge is -2.15. The molecule has 2 aromatic rings. The molecule has 1 unspecified atom stereocenters. The average Bonchev–Trinajstić information content (AvgIpc) is 3.39. The van der Waals surface area contributed by atoms with Crippen molar-refractivity contribution in [2.75, 3.05) is 5.32 Å². The van der Waals surface area contributed by atoms with Crippen molar-refractivity contribution in [1.82, 2.24) is 5.32 Å². The van der Waals surface area contributed by atoms with E-state index in [1.165, 1.54) is 0 Å². The molecular formula is C20H22N2O3. The Labute approximate surface area is 147 Å². The standard InChI is InChI=1S/C20H22N2O3/c1-13-4-3-5-18(12-13)25-14(2)19(23)21-16-8-6-15(7-9-16)20(24)22-17-10-11-17/h3-9,12,14,17H,10-11H2,1-2H3,(H,21,23)(H,22,24). The van der Waals surface area contributed by atoms with Crippen molar-refractivity contribution in [3.05, 3.63) is 59.7 Å². The molecule has 1 fully saturated rings. The predicted molar refractivity (Wildman–Crippen MR) is 96.8 cm³/mol. The maximum absolute atomic E-state index is 12.3. The highest BCUT2D eigenvalue weighted by Crippen LogP contribution is 2.20. The molecule has 2 N–H and O–H groups in total. The Bertz CT molecular complexity index is 767. The number of carbonyl (C=O) groups is 2. The highest BCUT2D eigenvalue weighted by Gasteiger charge is 2.23. The minimum Gasteiger partial charge on any atom is -0.481 e. The van der Waals surface area contributed by atoms with Gasteiger partial charge in [-0.3, -0.25) is 9.59 Å². The van der Waals surface area contributed by atoms with E-state index >= 15 is 0 Å². The smallest absolute Gasteiger partial charge is 0.265 e. The molecule has 0 radical (unpaired) electrons. The topological polar surface area (TPSA) is 67.4 Å². The summed E-state index contributed by atoms with van der Waals surface area (Å²) in [6, 6.07) is 14.8. The van der Waals surface area contributed by atoms with Crippen LogP contribution >= 0.6 is 0 Å². The minimum absolute atomic E-state index is 0.0727. The molecule has 2 amide bonds. The van der Waals surface area contributed by atoms with Gasteiger partial charge in [-0.1, -0.05) is 12.1 Å². The van der Waals surface area contributed by atoms with Gasteiger partial charge in [-0.15, -0.1) is 0 Å². The van der Waals surface area contributed by atoms with Crippen LogP contribution in [-0.2, 0) is 4.79 Å². The van der Waals surface area contributed by atoms with Gasteiger partial charge in [0.2, 0.25) is 0 Å². The van der Waals surface area contributed by atoms with E-state index in [0.717, 1.165) is 18.4 Å². The number of nitrogens with one attached hydrogen (secondary N) is 2. The number of rotatable bonds is 6. The first kappa shape index (κ1) is 17.0. The Kier molecular flexibility index (Phi) is 5.03. The lowest BCUT2D eigenvalue weighted by Crippen LogP contribution is -2.30. The van der Waals surface area contributed by atoms with Crippen LogP contribution in [-0.4, -0.2) is 24.0 Å². The van der Waals surface area contributed by atoms with Crippen molar-refractivity contribution >= 4 is 17.5 Å². The third kappa shape index (κ3) is 4.83. The van der Waals surface area contributed by atoms with Gasteiger partial charge in [0.25, 0.3) is 11.8 Å². The third-order valence-electron chi connectivity index (χ3n) is 4.00. The summed E-state index contributed by atoms with van der Waals surface area (Å²) >= 11 is 0. The van der Waals surface area contributed by atoms with E-state index in [9.17, 15) is 9.59 Å². The fourth-order valence-electron chi connectivity index (χ4n) is 2.39. The van der Waals surface area contributed by atoms with Crippen LogP contribution in [0, 0.1) is 6.92 Å². The number of hydrogen-bond donors (Lipinski definition) is 2. The fraction of sp³-hybridized carbons (Fsp3) is 0.300. The number of aryl methyl sites for hydroxylation is 1. The Morgan fingerprint density at radius 3 is 2.48 bits per heavy atom. The normalized spacial score (nSPS) is 14.5. The second-order valence-electron chi connectivity index (χ2n) is 6.39. The maximum atomic E-state index is 12.3. The molecule has 1 aliphatic carbocycles. The molecule has 0 heterocycles. The molecule has 5 heteroatoms. The summed E-state index contributed by atoms with van der Waals surface area (Å²) in [5.41, 5.74) is 2.30. The second kappa shape index (κ2) is 7.38. The summed E-state index contributed by atoms with van der Waals surface area (Å²) in [5.74, 6) is 0.350. The minimum atomic E-state index is -0.625. The largest absolute Gasteiger partial charge is 0.481 e. The first-order chi connectivity index (χ1) is 12.0. The summed E-state index contributed by atoms with van der Waals surface area (Å²) in [7, 11) is 0. The highest BCUT2D eigenvalue weighted by molar-refractivity contribution is 5.97. The average molecular weight is 338 g/mol. The number of benzene rings is 2. The molecule has 0 bridgehead atoms. The van der Waals surface area contributed by atoms with E-state index in [2.05, 4.69) is 10.6 Å². The van der Waals surface area contributed by atoms with Gasteiger partial charge < -0.3 is 15.4 Å². The van der Waals surface area contributed by atoms with E-state index in [-0.39, 0.29) is 11.8 Å². The zero-order valence-electron chi connectivity index (χ0n) is 14.4. The van der Waals surface area contributed by atoms with E-state index in [0.29, 0.717) is 23.0 Å². The molecule has 1 aliphatic rings. The highest BCUT2D eigenvalue weighted by atomic mass is 16.5. The summed E-state index contributed by atoms with van der Waals surface area (Å²) < 4.78 is 5.67. The van der Waals surface area contributed by atoms with Crippen LogP contribution in [0.3, 0.4) is 0 Å². The second-order valence-corrected chi connectivity index (χ2v) is 6.39. The van der Waals surface area contributed by atoms with Crippen LogP contribution in [0.1, 0.15) is 35.7 Å². The van der Waals surface area contributed by atoms with Crippen molar-refractivity contribution < 1.29 is 14.3 Å². The zero-order valence-corrected chi connectivity index (χ0v) is 14.4. The van der Waals surface area contributed by atoms with E-state index in [4.69, 9.17) is 4.74 Å². The molecule has 0 spiro atoms. The Morgan fingerprint density at radius 1 is 1.12 bits per heavy atom. The first-order valence-corrected chi connectivity index (χ1v) is 8.46. The quantitative estimate of drug-likeness (QED) is 0.849. The van der Waals surface area contributed by atoms with E-state index < -0.39 is 6.10 Å². The molecule has 0 saturated heterocycles. The van der Waals surface area contributed by atoms with Crippen LogP contribution in [0.4, 0.5) is 5.69 Å². The van der Waals surface area contributed by atoms with Gasteiger partial charge in [-0.25, -0.2) is 0 Å². The lowest BCUT2D eigenvalue weighted by molar-refractivity contribution is -0.122. The van der Waals surface area contributed by atoms with Crippen LogP contribution in [0.5, 0.6) is 5.75 Å². The monoisotopic (exact) mass is 338 g/mol. The Hall–Kier alpha value is -2.82. The molecule has 1 atom stereocenters. The summed E-state index contributed by atoms with van der Waals surface area (Å²) in [6.07, 6.45) is 1.48. The number of anilines is 1. The number of amides is 2. The first-order valence-electron chi connectivity index (χ1n) is 8.46. The molecular weight excluding hydrogens is 316 g/mol. The number of ether oxygens (including phenoxy) is 1. The molecule has 25 heavy (non-hydrogen) atoms. The van der Waals surface area contributed by atoms with Crippen molar-refractivity contribution in [2.24, 2.45) is 0 Å². The summed E-state index contributed by atoms with van der Waals surface area (Å²) in [4.78, 5) is 24.2. The summed E-state index contributed by atoms with van der Waals surface area (Å²) in [5, 5.41) is 5.73. The van der Waals surface area contributed by atoms with Crippen molar-refractivity contribution in [1.29, 1.82) is 0 Å². The van der Waals surface area contributed by atoms with E-state index in [1.807, 2.05) is 31.2 Å². The Balaban J connectivity index is 1.55. The predicted octanol–water partition coefficient (Wildman–Crippen LogP) is 3.29. The van der Waals surface area contributed by atoms with Gasteiger partial charge in [0.1, 0.15) is 5.75 Å². The van der Waals surface area contributed by atoms with E-state index in [1.54, 1.807) is 31.2 Å². The van der Waals surface area contributed by atoms with Gasteiger partial charge in [0.05, 0.1) is 0 Å². The molecule has 5 nitrogen and oxygen atoms in total.